The van der Waals surface area contributed by atoms with Crippen LogP contribution < -0.4 is 0 Å². The molecule has 2 atom stereocenters. The molecule has 2 bridgehead atoms. The molecule has 0 aromatic rings. The van der Waals surface area contributed by atoms with Gasteiger partial charge in [0.25, 0.3) is 0 Å². The van der Waals surface area contributed by atoms with Crippen LogP contribution in [0.2, 0.25) is 6.82 Å². The Morgan fingerprint density at radius 1 is 1.29 bits per heavy atom. The number of ketones is 1. The van der Waals surface area contributed by atoms with E-state index >= 15 is 0 Å². The van der Waals surface area contributed by atoms with Crippen LogP contribution in [0.15, 0.2) is 0 Å². The molecule has 0 radical (unpaired) electrons. The molecule has 2 heterocycles. The zero-order valence-electron chi connectivity index (χ0n) is 9.21. The number of hydrogen-bond acceptors (Lipinski definition) is 3. The molecular weight excluding hydrogens is 177 g/mol. The summed E-state index contributed by atoms with van der Waals surface area (Å²) in [5.41, 5.74) is -0.198. The van der Waals surface area contributed by atoms with E-state index < -0.39 is 7.05 Å². The zero-order valence-corrected chi connectivity index (χ0v) is 9.21. The average Bonchev–Trinajstić information content (AvgIpc) is 2.15. The van der Waals surface area contributed by atoms with Crippen molar-refractivity contribution in [2.75, 3.05) is 0 Å². The van der Waals surface area contributed by atoms with Crippen molar-refractivity contribution in [3.05, 3.63) is 0 Å². The normalized spacial score (nSPS) is 43.0. The molecule has 2 aliphatic rings. The predicted molar refractivity (Wildman–Crippen MR) is 56.0 cm³/mol. The Morgan fingerprint density at radius 2 is 1.71 bits per heavy atom. The SMILES string of the molecule is CB(O)N1[C@@]2(C)CC[C@]1(C)CC(=O)C2. The molecule has 0 spiro atoms. The van der Waals surface area contributed by atoms with Crippen molar-refractivity contribution in [2.45, 2.75) is 57.4 Å². The van der Waals surface area contributed by atoms with E-state index in [4.69, 9.17) is 0 Å². The largest absolute Gasteiger partial charge is 0.437 e. The first-order chi connectivity index (χ1) is 6.37. The number of nitrogens with zero attached hydrogens (tertiary/aromatic N) is 1. The smallest absolute Gasteiger partial charge is 0.377 e. The minimum Gasteiger partial charge on any atom is -0.437 e. The Balaban J connectivity index is 2.38. The van der Waals surface area contributed by atoms with Crippen molar-refractivity contribution in [1.29, 1.82) is 0 Å². The van der Waals surface area contributed by atoms with E-state index in [0.29, 0.717) is 18.6 Å². The van der Waals surface area contributed by atoms with Crippen molar-refractivity contribution >= 4 is 12.8 Å². The third-order valence-electron chi connectivity index (χ3n) is 3.90. The van der Waals surface area contributed by atoms with Crippen LogP contribution in [-0.2, 0) is 4.79 Å². The van der Waals surface area contributed by atoms with E-state index in [0.717, 1.165) is 12.8 Å². The van der Waals surface area contributed by atoms with Crippen LogP contribution in [0, 0.1) is 0 Å². The Morgan fingerprint density at radius 3 is 2.07 bits per heavy atom. The second-order valence-corrected chi connectivity index (χ2v) is 5.39. The predicted octanol–water partition coefficient (Wildman–Crippen LogP) is 1.07. The summed E-state index contributed by atoms with van der Waals surface area (Å²) < 4.78 is 0. The molecule has 78 valence electrons. The minimum atomic E-state index is -0.444. The summed E-state index contributed by atoms with van der Waals surface area (Å²) in [5.74, 6) is 0.351. The van der Waals surface area contributed by atoms with E-state index in [1.54, 1.807) is 6.82 Å². The van der Waals surface area contributed by atoms with Crippen molar-refractivity contribution in [3.63, 3.8) is 0 Å². The lowest BCUT2D eigenvalue weighted by atomic mass is 9.71. The number of carbonyl (C=O) groups excluding carboxylic acids is 1. The first-order valence-electron chi connectivity index (χ1n) is 5.37. The Hall–Kier alpha value is -0.345. The van der Waals surface area contributed by atoms with Gasteiger partial charge in [0.1, 0.15) is 5.78 Å². The number of Topliss-reactive ketones (excluding diaryl/α,β-unsaturated/α-hetero) is 1. The summed E-state index contributed by atoms with van der Waals surface area (Å²) >= 11 is 0. The molecular formula is C10H18BNO2. The van der Waals surface area contributed by atoms with Crippen molar-refractivity contribution in [2.24, 2.45) is 0 Å². The van der Waals surface area contributed by atoms with Crippen LogP contribution >= 0.6 is 0 Å². The van der Waals surface area contributed by atoms with Crippen LogP contribution in [0.5, 0.6) is 0 Å². The minimum absolute atomic E-state index is 0.0990. The Kier molecular flexibility index (Phi) is 2.06. The van der Waals surface area contributed by atoms with Crippen molar-refractivity contribution in [1.82, 2.24) is 4.81 Å². The van der Waals surface area contributed by atoms with Gasteiger partial charge in [0, 0.05) is 23.9 Å². The molecule has 0 aromatic heterocycles. The molecule has 0 unspecified atom stereocenters. The van der Waals surface area contributed by atoms with Gasteiger partial charge in [-0.25, -0.2) is 0 Å². The maximum atomic E-state index is 11.6. The first kappa shape index (κ1) is 10.2. The highest BCUT2D eigenvalue weighted by Crippen LogP contribution is 2.49. The van der Waals surface area contributed by atoms with Gasteiger partial charge in [-0.05, 0) is 33.5 Å². The number of carbonyl (C=O) groups is 1. The molecule has 2 fully saturated rings. The summed E-state index contributed by atoms with van der Waals surface area (Å²) in [4.78, 5) is 13.7. The van der Waals surface area contributed by atoms with Gasteiger partial charge in [-0.15, -0.1) is 0 Å². The molecule has 14 heavy (non-hydrogen) atoms. The van der Waals surface area contributed by atoms with Crippen LogP contribution in [0.4, 0.5) is 0 Å². The zero-order chi connectivity index (χ0) is 10.6. The van der Waals surface area contributed by atoms with Gasteiger partial charge in [-0.3, -0.25) is 4.79 Å². The molecule has 3 nitrogen and oxygen atoms in total. The number of rotatable bonds is 1. The molecule has 2 saturated heterocycles. The lowest BCUT2D eigenvalue weighted by Crippen LogP contribution is -2.62. The molecule has 2 rings (SSSR count). The molecule has 4 heteroatoms. The van der Waals surface area contributed by atoms with E-state index in [9.17, 15) is 9.82 Å². The van der Waals surface area contributed by atoms with Crippen molar-refractivity contribution in [3.8, 4) is 0 Å². The molecule has 0 amide bonds. The lowest BCUT2D eigenvalue weighted by molar-refractivity contribution is -0.126. The summed E-state index contributed by atoms with van der Waals surface area (Å²) in [5, 5.41) is 9.79. The Labute approximate surface area is 85.6 Å². The monoisotopic (exact) mass is 195 g/mol. The van der Waals surface area contributed by atoms with Gasteiger partial charge in [0.05, 0.1) is 0 Å². The number of fused-ring (bicyclic) bond motifs is 2. The molecule has 1 N–H and O–H groups in total. The molecule has 0 aromatic carbocycles. The number of hydrogen-bond donors (Lipinski definition) is 1. The van der Waals surface area contributed by atoms with E-state index in [2.05, 4.69) is 18.7 Å². The van der Waals surface area contributed by atoms with Crippen LogP contribution in [0.1, 0.15) is 39.5 Å². The highest BCUT2D eigenvalue weighted by Gasteiger charge is 2.56. The van der Waals surface area contributed by atoms with E-state index in [1.165, 1.54) is 0 Å². The third kappa shape index (κ3) is 1.24. The topological polar surface area (TPSA) is 40.5 Å². The first-order valence-corrected chi connectivity index (χ1v) is 5.37. The summed E-state index contributed by atoms with van der Waals surface area (Å²) in [7, 11) is -0.444. The van der Waals surface area contributed by atoms with Gasteiger partial charge in [0.2, 0.25) is 0 Å². The fourth-order valence-corrected chi connectivity index (χ4v) is 3.59. The second kappa shape index (κ2) is 2.83. The average molecular weight is 195 g/mol. The molecule has 0 saturated carbocycles. The van der Waals surface area contributed by atoms with Crippen molar-refractivity contribution < 1.29 is 9.82 Å². The van der Waals surface area contributed by atoms with Gasteiger partial charge >= 0.3 is 7.05 Å². The maximum Gasteiger partial charge on any atom is 0.377 e. The summed E-state index contributed by atoms with van der Waals surface area (Å²) in [6, 6.07) is 0. The van der Waals surface area contributed by atoms with E-state index in [1.807, 2.05) is 0 Å². The third-order valence-corrected chi connectivity index (χ3v) is 3.90. The molecule has 2 aliphatic heterocycles. The van der Waals surface area contributed by atoms with E-state index in [-0.39, 0.29) is 11.1 Å². The number of piperidine rings is 1. The highest BCUT2D eigenvalue weighted by molar-refractivity contribution is 6.46. The summed E-state index contributed by atoms with van der Waals surface area (Å²) in [6.07, 6.45) is 3.27. The van der Waals surface area contributed by atoms with Crippen LogP contribution in [0.3, 0.4) is 0 Å². The van der Waals surface area contributed by atoms with Crippen LogP contribution in [0.25, 0.3) is 0 Å². The quantitative estimate of drug-likeness (QED) is 0.636. The van der Waals surface area contributed by atoms with Crippen LogP contribution in [-0.4, -0.2) is 33.7 Å². The van der Waals surface area contributed by atoms with Gasteiger partial charge in [-0.2, -0.15) is 0 Å². The van der Waals surface area contributed by atoms with Gasteiger partial charge in [0.15, 0.2) is 0 Å². The maximum absolute atomic E-state index is 11.6. The Bertz CT molecular complexity index is 259. The highest BCUT2D eigenvalue weighted by atomic mass is 16.2. The second-order valence-electron chi connectivity index (χ2n) is 5.39. The standard InChI is InChI=1S/C10H18BNO2/c1-9-4-5-10(2,7-8(13)6-9)12(9)11(3)14/h14H,4-7H2,1-3H3/t9-,10+. The summed E-state index contributed by atoms with van der Waals surface area (Å²) in [6.45, 7) is 6.00. The lowest BCUT2D eigenvalue weighted by Gasteiger charge is -2.48. The fraction of sp³-hybridized carbons (Fsp3) is 0.900. The van der Waals surface area contributed by atoms with Gasteiger partial charge in [-0.1, -0.05) is 0 Å². The fourth-order valence-electron chi connectivity index (χ4n) is 3.59. The van der Waals surface area contributed by atoms with Gasteiger partial charge < -0.3 is 9.83 Å². The molecule has 0 aliphatic carbocycles.